The minimum Gasteiger partial charge on any atom is -0.478 e. The number of benzene rings is 2. The Morgan fingerprint density at radius 1 is 1.14 bits per heavy atom. The van der Waals surface area contributed by atoms with E-state index < -0.39 is 5.97 Å². The summed E-state index contributed by atoms with van der Waals surface area (Å²) in [7, 11) is 0. The average molecular weight is 511 g/mol. The number of anilines is 1. The van der Waals surface area contributed by atoms with Gasteiger partial charge in [-0.1, -0.05) is 19.1 Å². The van der Waals surface area contributed by atoms with Gasteiger partial charge in [-0.3, -0.25) is 4.79 Å². The summed E-state index contributed by atoms with van der Waals surface area (Å²) < 4.78 is 5.28. The van der Waals surface area contributed by atoms with Gasteiger partial charge < -0.3 is 19.6 Å². The maximum atomic E-state index is 13.1. The first kappa shape index (κ1) is 25.7. The summed E-state index contributed by atoms with van der Waals surface area (Å²) in [5.74, 6) is -0.263. The van der Waals surface area contributed by atoms with Crippen LogP contribution in [0.15, 0.2) is 52.5 Å². The van der Waals surface area contributed by atoms with E-state index in [0.717, 1.165) is 46.7 Å². The van der Waals surface area contributed by atoms with Crippen LogP contribution in [-0.2, 0) is 16.0 Å². The van der Waals surface area contributed by atoms with Crippen LogP contribution in [0.4, 0.5) is 10.5 Å². The molecule has 2 aliphatic heterocycles. The molecule has 0 saturated carbocycles. The van der Waals surface area contributed by atoms with E-state index in [2.05, 4.69) is 10.5 Å². The molecule has 2 aromatic carbocycles. The van der Waals surface area contributed by atoms with Crippen LogP contribution in [-0.4, -0.2) is 72.2 Å². The molecule has 1 fully saturated rings. The first-order chi connectivity index (χ1) is 17.5. The Balaban J connectivity index is 1.41. The molecule has 4 rings (SSSR count). The summed E-state index contributed by atoms with van der Waals surface area (Å²) in [5.41, 5.74) is 5.73. The Kier molecular flexibility index (Phi) is 8.61. The predicted molar refractivity (Wildman–Crippen MR) is 139 cm³/mol. The van der Waals surface area contributed by atoms with Crippen LogP contribution >= 0.6 is 11.8 Å². The van der Waals surface area contributed by atoms with Gasteiger partial charge in [0.05, 0.1) is 24.5 Å². The number of aryl methyl sites for hydroxylation is 1. The van der Waals surface area contributed by atoms with E-state index in [1.54, 1.807) is 33.7 Å². The van der Waals surface area contributed by atoms with Crippen LogP contribution < -0.4 is 10.3 Å². The number of ether oxygens (including phenoxy) is 1. The van der Waals surface area contributed by atoms with E-state index in [1.165, 1.54) is 0 Å². The molecule has 36 heavy (non-hydrogen) atoms. The zero-order valence-corrected chi connectivity index (χ0v) is 21.1. The predicted octanol–water partition coefficient (Wildman–Crippen LogP) is 3.61. The number of thioether (sulfide) groups is 1. The Hall–Kier alpha value is -3.37. The van der Waals surface area contributed by atoms with E-state index in [1.807, 2.05) is 37.3 Å². The second-order valence-electron chi connectivity index (χ2n) is 8.57. The fourth-order valence-corrected chi connectivity index (χ4v) is 5.05. The number of urea groups is 1. The zero-order valence-electron chi connectivity index (χ0n) is 20.2. The number of rotatable bonds is 9. The smallest absolute Gasteiger partial charge is 0.337 e. The number of nitrogens with one attached hydrogen (secondary N) is 1. The second-order valence-corrected chi connectivity index (χ2v) is 9.73. The molecule has 3 amide bonds. The van der Waals surface area contributed by atoms with Gasteiger partial charge in [0.25, 0.3) is 5.91 Å². The van der Waals surface area contributed by atoms with Gasteiger partial charge in [-0.05, 0) is 60.9 Å². The Morgan fingerprint density at radius 3 is 2.58 bits per heavy atom. The highest BCUT2D eigenvalue weighted by Crippen LogP contribution is 2.33. The number of amides is 3. The van der Waals surface area contributed by atoms with Gasteiger partial charge >= 0.3 is 12.0 Å². The van der Waals surface area contributed by atoms with Crippen molar-refractivity contribution in [1.29, 1.82) is 0 Å². The SMILES string of the molecule is CCCN1C(=O)/C(=N/NC(=O)N2CCOCC2)c2cc(SCCCc3ccc(C(=O)O)cc3)ccc21. The third kappa shape index (κ3) is 6.06. The number of carboxylic acids is 1. The molecule has 0 bridgehead atoms. The summed E-state index contributed by atoms with van der Waals surface area (Å²) >= 11 is 1.69. The third-order valence-corrected chi connectivity index (χ3v) is 7.13. The molecule has 10 heteroatoms. The minimum atomic E-state index is -0.923. The van der Waals surface area contributed by atoms with Crippen LogP contribution in [0.2, 0.25) is 0 Å². The summed E-state index contributed by atoms with van der Waals surface area (Å²) in [5, 5.41) is 13.3. The number of morpholine rings is 1. The maximum absolute atomic E-state index is 13.1. The molecule has 1 saturated heterocycles. The van der Waals surface area contributed by atoms with Crippen molar-refractivity contribution in [2.24, 2.45) is 5.10 Å². The van der Waals surface area contributed by atoms with Crippen LogP contribution in [0.25, 0.3) is 0 Å². The van der Waals surface area contributed by atoms with Gasteiger partial charge in [0.2, 0.25) is 0 Å². The molecular formula is C26H30N4O5S. The molecule has 2 aliphatic rings. The highest BCUT2D eigenvalue weighted by molar-refractivity contribution is 7.99. The van der Waals surface area contributed by atoms with Gasteiger partial charge in [0, 0.05) is 30.1 Å². The van der Waals surface area contributed by atoms with E-state index in [9.17, 15) is 14.4 Å². The number of carbonyl (C=O) groups is 3. The van der Waals surface area contributed by atoms with Crippen molar-refractivity contribution in [3.05, 3.63) is 59.2 Å². The van der Waals surface area contributed by atoms with Crippen molar-refractivity contribution in [2.45, 2.75) is 31.1 Å². The molecule has 0 spiro atoms. The van der Waals surface area contributed by atoms with E-state index in [4.69, 9.17) is 9.84 Å². The first-order valence-corrected chi connectivity index (χ1v) is 13.1. The standard InChI is InChI=1S/C26H30N4O5S/c1-2-11-30-22-10-9-20(36-16-3-4-18-5-7-19(8-6-18)25(32)33)17-21(22)23(24(30)31)27-28-26(34)29-12-14-35-15-13-29/h5-10,17H,2-4,11-16H2,1H3,(H,28,34)(H,32,33)/b27-23+. The summed E-state index contributed by atoms with van der Waals surface area (Å²) in [6.07, 6.45) is 2.58. The maximum Gasteiger partial charge on any atom is 0.337 e. The van der Waals surface area contributed by atoms with Gasteiger partial charge in [0.1, 0.15) is 0 Å². The summed E-state index contributed by atoms with van der Waals surface area (Å²) in [6, 6.07) is 12.5. The quantitative estimate of drug-likeness (QED) is 0.303. The molecule has 2 heterocycles. The lowest BCUT2D eigenvalue weighted by Crippen LogP contribution is -2.45. The lowest BCUT2D eigenvalue weighted by Gasteiger charge is -2.25. The number of carboxylic acid groups (broad SMARTS) is 1. The summed E-state index contributed by atoms with van der Waals surface area (Å²) in [4.78, 5) is 40.9. The number of nitrogens with zero attached hydrogens (tertiary/aromatic N) is 3. The average Bonchev–Trinajstić information content (AvgIpc) is 3.16. The highest BCUT2D eigenvalue weighted by atomic mass is 32.2. The molecule has 0 radical (unpaired) electrons. The van der Waals surface area contributed by atoms with Crippen molar-refractivity contribution >= 4 is 41.1 Å². The van der Waals surface area contributed by atoms with Crippen molar-refractivity contribution in [3.63, 3.8) is 0 Å². The Morgan fingerprint density at radius 2 is 1.89 bits per heavy atom. The first-order valence-electron chi connectivity index (χ1n) is 12.1. The fraction of sp³-hybridized carbons (Fsp3) is 0.385. The summed E-state index contributed by atoms with van der Waals surface area (Å²) in [6.45, 7) is 4.56. The van der Waals surface area contributed by atoms with Gasteiger partial charge in [0.15, 0.2) is 5.71 Å². The van der Waals surface area contributed by atoms with Crippen molar-refractivity contribution < 1.29 is 24.2 Å². The highest BCUT2D eigenvalue weighted by Gasteiger charge is 2.34. The molecule has 9 nitrogen and oxygen atoms in total. The molecule has 2 N–H and O–H groups in total. The van der Waals surface area contributed by atoms with E-state index >= 15 is 0 Å². The van der Waals surface area contributed by atoms with Gasteiger partial charge in [-0.15, -0.1) is 11.8 Å². The lowest BCUT2D eigenvalue weighted by molar-refractivity contribution is -0.112. The van der Waals surface area contributed by atoms with E-state index in [-0.39, 0.29) is 23.2 Å². The Labute approximate surface area is 214 Å². The van der Waals surface area contributed by atoms with Crippen molar-refractivity contribution in [1.82, 2.24) is 10.3 Å². The number of hydrogen-bond donors (Lipinski definition) is 2. The molecular weight excluding hydrogens is 480 g/mol. The third-order valence-electron chi connectivity index (χ3n) is 6.05. The number of fused-ring (bicyclic) bond motifs is 1. The number of aromatic carboxylic acids is 1. The van der Waals surface area contributed by atoms with Gasteiger partial charge in [-0.2, -0.15) is 5.10 Å². The topological polar surface area (TPSA) is 112 Å². The second kappa shape index (κ2) is 12.0. The molecule has 2 aromatic rings. The minimum absolute atomic E-state index is 0.207. The fourth-order valence-electron chi connectivity index (χ4n) is 4.16. The molecule has 0 aromatic heterocycles. The van der Waals surface area contributed by atoms with Crippen LogP contribution in [0, 0.1) is 0 Å². The normalized spacial score (nSPS) is 16.4. The monoisotopic (exact) mass is 510 g/mol. The lowest BCUT2D eigenvalue weighted by atomic mass is 10.1. The van der Waals surface area contributed by atoms with Gasteiger partial charge in [-0.25, -0.2) is 15.0 Å². The molecule has 0 atom stereocenters. The van der Waals surface area contributed by atoms with Crippen molar-refractivity contribution in [3.8, 4) is 0 Å². The van der Waals surface area contributed by atoms with Crippen LogP contribution in [0.1, 0.15) is 41.3 Å². The number of hydrogen-bond acceptors (Lipinski definition) is 6. The van der Waals surface area contributed by atoms with Crippen LogP contribution in [0.5, 0.6) is 0 Å². The molecule has 0 aliphatic carbocycles. The van der Waals surface area contributed by atoms with E-state index in [0.29, 0.717) is 32.8 Å². The number of carbonyl (C=O) groups excluding carboxylic acids is 2. The van der Waals surface area contributed by atoms with Crippen LogP contribution in [0.3, 0.4) is 0 Å². The van der Waals surface area contributed by atoms with Crippen molar-refractivity contribution in [2.75, 3.05) is 43.5 Å². The largest absolute Gasteiger partial charge is 0.478 e. The Bertz CT molecular complexity index is 1150. The number of hydrazone groups is 1. The molecule has 0 unspecified atom stereocenters. The zero-order chi connectivity index (χ0) is 25.5. The molecule has 190 valence electrons.